The fourth-order valence-electron chi connectivity index (χ4n) is 1.54. The Morgan fingerprint density at radius 2 is 1.93 bits per heavy atom. The number of hydrogen-bond acceptors (Lipinski definition) is 3. The Morgan fingerprint density at radius 3 is 2.21 bits per heavy atom. The Hall–Kier alpha value is -0.610. The van der Waals surface area contributed by atoms with Crippen molar-refractivity contribution in [1.82, 2.24) is 0 Å². The topological polar surface area (TPSA) is 66.8 Å². The zero-order valence-electron chi connectivity index (χ0n) is 9.28. The van der Waals surface area contributed by atoms with Crippen LogP contribution in [0.3, 0.4) is 0 Å². The summed E-state index contributed by atoms with van der Waals surface area (Å²) in [6, 6.07) is 0. The van der Waals surface area contributed by atoms with Crippen LogP contribution in [0.2, 0.25) is 0 Å². The fraction of sp³-hybridized carbons (Fsp3) is 0.900. The number of rotatable bonds is 6. The van der Waals surface area contributed by atoms with Crippen molar-refractivity contribution in [3.63, 3.8) is 0 Å². The standard InChI is InChI=1S/C10H20O4/c1-7(2)10(13,9(11)12)8(3)5-6-14-4/h7-8,13H,5-6H2,1-4H3,(H,11,12). The predicted octanol–water partition coefficient (Wildman–Crippen LogP) is 1.13. The van der Waals surface area contributed by atoms with E-state index in [4.69, 9.17) is 9.84 Å². The van der Waals surface area contributed by atoms with E-state index < -0.39 is 11.6 Å². The van der Waals surface area contributed by atoms with Gasteiger partial charge in [-0.1, -0.05) is 20.8 Å². The Morgan fingerprint density at radius 1 is 1.43 bits per heavy atom. The van der Waals surface area contributed by atoms with E-state index in [1.54, 1.807) is 27.9 Å². The summed E-state index contributed by atoms with van der Waals surface area (Å²) >= 11 is 0. The third kappa shape index (κ3) is 2.69. The summed E-state index contributed by atoms with van der Waals surface area (Å²) in [6.45, 7) is 5.60. The minimum absolute atomic E-state index is 0.313. The van der Waals surface area contributed by atoms with E-state index in [2.05, 4.69) is 0 Å². The van der Waals surface area contributed by atoms with Gasteiger partial charge in [-0.25, -0.2) is 4.79 Å². The summed E-state index contributed by atoms with van der Waals surface area (Å²) in [6.07, 6.45) is 0.539. The van der Waals surface area contributed by atoms with E-state index >= 15 is 0 Å². The van der Waals surface area contributed by atoms with Crippen molar-refractivity contribution >= 4 is 5.97 Å². The molecule has 0 radical (unpaired) electrons. The van der Waals surface area contributed by atoms with Crippen molar-refractivity contribution in [3.05, 3.63) is 0 Å². The Balaban J connectivity index is 4.56. The molecule has 0 saturated carbocycles. The number of aliphatic hydroxyl groups is 1. The molecule has 0 aliphatic carbocycles. The maximum absolute atomic E-state index is 11.0. The molecule has 0 bridgehead atoms. The zero-order valence-corrected chi connectivity index (χ0v) is 9.28. The average molecular weight is 204 g/mol. The van der Waals surface area contributed by atoms with Crippen molar-refractivity contribution < 1.29 is 19.7 Å². The summed E-state index contributed by atoms with van der Waals surface area (Å²) in [5, 5.41) is 19.0. The highest BCUT2D eigenvalue weighted by Crippen LogP contribution is 2.28. The van der Waals surface area contributed by atoms with Crippen LogP contribution in [0.4, 0.5) is 0 Å². The molecule has 0 fully saturated rings. The SMILES string of the molecule is COCCC(C)C(O)(C(=O)O)C(C)C. The molecular formula is C10H20O4. The second-order valence-corrected chi connectivity index (χ2v) is 3.97. The number of aliphatic carboxylic acids is 1. The smallest absolute Gasteiger partial charge is 0.336 e. The second-order valence-electron chi connectivity index (χ2n) is 3.97. The molecule has 0 aliphatic rings. The van der Waals surface area contributed by atoms with E-state index in [0.29, 0.717) is 13.0 Å². The molecule has 0 amide bonds. The maximum atomic E-state index is 11.0. The Bertz CT molecular complexity index is 191. The van der Waals surface area contributed by atoms with Crippen LogP contribution in [0.15, 0.2) is 0 Å². The highest BCUT2D eigenvalue weighted by Gasteiger charge is 2.44. The molecular weight excluding hydrogens is 184 g/mol. The van der Waals surface area contributed by atoms with Gasteiger partial charge in [-0.15, -0.1) is 0 Å². The van der Waals surface area contributed by atoms with Gasteiger partial charge >= 0.3 is 5.97 Å². The van der Waals surface area contributed by atoms with Gasteiger partial charge in [0, 0.05) is 13.7 Å². The van der Waals surface area contributed by atoms with Crippen LogP contribution in [0.1, 0.15) is 27.2 Å². The van der Waals surface area contributed by atoms with Crippen molar-refractivity contribution in [1.29, 1.82) is 0 Å². The third-order valence-electron chi connectivity index (χ3n) is 2.73. The summed E-state index contributed by atoms with van der Waals surface area (Å²) in [4.78, 5) is 11.0. The van der Waals surface area contributed by atoms with Crippen LogP contribution < -0.4 is 0 Å². The Kier molecular flexibility index (Phi) is 5.08. The lowest BCUT2D eigenvalue weighted by atomic mass is 9.78. The molecule has 0 saturated heterocycles. The number of carboxylic acid groups (broad SMARTS) is 1. The normalized spacial score (nSPS) is 17.9. The summed E-state index contributed by atoms with van der Waals surface area (Å²) in [5.41, 5.74) is -1.65. The first-order chi connectivity index (χ1) is 6.37. The predicted molar refractivity (Wildman–Crippen MR) is 53.1 cm³/mol. The van der Waals surface area contributed by atoms with Crippen molar-refractivity contribution in [2.45, 2.75) is 32.8 Å². The van der Waals surface area contributed by atoms with Crippen LogP contribution >= 0.6 is 0 Å². The van der Waals surface area contributed by atoms with Gasteiger partial charge in [-0.2, -0.15) is 0 Å². The van der Waals surface area contributed by atoms with Crippen molar-refractivity contribution in [2.75, 3.05) is 13.7 Å². The van der Waals surface area contributed by atoms with Gasteiger partial charge in [0.25, 0.3) is 0 Å². The van der Waals surface area contributed by atoms with Gasteiger partial charge in [0.15, 0.2) is 5.60 Å². The van der Waals surface area contributed by atoms with Crippen molar-refractivity contribution in [3.8, 4) is 0 Å². The van der Waals surface area contributed by atoms with Crippen LogP contribution in [0.25, 0.3) is 0 Å². The summed E-state index contributed by atoms with van der Waals surface area (Å²) in [5.74, 6) is -1.79. The van der Waals surface area contributed by atoms with Crippen LogP contribution in [0.5, 0.6) is 0 Å². The number of ether oxygens (including phenoxy) is 1. The first-order valence-electron chi connectivity index (χ1n) is 4.82. The summed E-state index contributed by atoms with van der Waals surface area (Å²) in [7, 11) is 1.56. The molecule has 0 spiro atoms. The van der Waals surface area contributed by atoms with Crippen molar-refractivity contribution in [2.24, 2.45) is 11.8 Å². The third-order valence-corrected chi connectivity index (χ3v) is 2.73. The molecule has 0 aliphatic heterocycles. The lowest BCUT2D eigenvalue weighted by Gasteiger charge is -2.33. The largest absolute Gasteiger partial charge is 0.479 e. The molecule has 2 N–H and O–H groups in total. The van der Waals surface area contributed by atoms with Gasteiger partial charge < -0.3 is 14.9 Å². The lowest BCUT2D eigenvalue weighted by molar-refractivity contribution is -0.171. The number of carbonyl (C=O) groups is 1. The first-order valence-corrected chi connectivity index (χ1v) is 4.82. The molecule has 2 unspecified atom stereocenters. The van der Waals surface area contributed by atoms with E-state index in [1.165, 1.54) is 0 Å². The van der Waals surface area contributed by atoms with Gasteiger partial charge in [0.2, 0.25) is 0 Å². The van der Waals surface area contributed by atoms with E-state index in [1.807, 2.05) is 0 Å². The van der Waals surface area contributed by atoms with Gasteiger partial charge in [0.05, 0.1) is 0 Å². The monoisotopic (exact) mass is 204 g/mol. The van der Waals surface area contributed by atoms with Crippen LogP contribution in [-0.4, -0.2) is 35.5 Å². The quantitative estimate of drug-likeness (QED) is 0.680. The minimum atomic E-state index is -1.65. The van der Waals surface area contributed by atoms with Gasteiger partial charge in [0.1, 0.15) is 0 Å². The Labute approximate surface area is 84.9 Å². The van der Waals surface area contributed by atoms with Crippen LogP contribution in [-0.2, 0) is 9.53 Å². The molecule has 14 heavy (non-hydrogen) atoms. The summed E-state index contributed by atoms with van der Waals surface area (Å²) < 4.78 is 4.86. The molecule has 0 rings (SSSR count). The molecule has 2 atom stereocenters. The molecule has 0 aromatic rings. The number of methoxy groups -OCH3 is 1. The maximum Gasteiger partial charge on any atom is 0.336 e. The molecule has 0 heterocycles. The molecule has 84 valence electrons. The molecule has 4 nitrogen and oxygen atoms in total. The van der Waals surface area contributed by atoms with Gasteiger partial charge in [-0.3, -0.25) is 0 Å². The first kappa shape index (κ1) is 13.4. The highest BCUT2D eigenvalue weighted by molar-refractivity contribution is 5.77. The van der Waals surface area contributed by atoms with E-state index in [9.17, 15) is 9.90 Å². The average Bonchev–Trinajstić information content (AvgIpc) is 2.11. The highest BCUT2D eigenvalue weighted by atomic mass is 16.5. The zero-order chi connectivity index (χ0) is 11.4. The van der Waals surface area contributed by atoms with Gasteiger partial charge in [-0.05, 0) is 18.3 Å². The number of hydrogen-bond donors (Lipinski definition) is 2. The van der Waals surface area contributed by atoms with Crippen LogP contribution in [0, 0.1) is 11.8 Å². The molecule has 4 heteroatoms. The number of carboxylic acids is 1. The lowest BCUT2D eigenvalue weighted by Crippen LogP contribution is -2.49. The minimum Gasteiger partial charge on any atom is -0.479 e. The van der Waals surface area contributed by atoms with E-state index in [-0.39, 0.29) is 11.8 Å². The van der Waals surface area contributed by atoms with E-state index in [0.717, 1.165) is 0 Å². The second kappa shape index (κ2) is 5.32. The molecule has 0 aromatic heterocycles. The molecule has 0 aromatic carbocycles. The fourth-order valence-corrected chi connectivity index (χ4v) is 1.54.